The number of benzene rings is 1. The Morgan fingerprint density at radius 2 is 2.11 bits per heavy atom. The van der Waals surface area contributed by atoms with Crippen LogP contribution in [0.5, 0.6) is 0 Å². The fraction of sp³-hybridized carbons (Fsp3) is 0.500. The second-order valence-corrected chi connectivity index (χ2v) is 4.97. The highest BCUT2D eigenvalue weighted by molar-refractivity contribution is 6.30. The van der Waals surface area contributed by atoms with E-state index in [4.69, 9.17) is 11.6 Å². The lowest BCUT2D eigenvalue weighted by Crippen LogP contribution is -2.39. The van der Waals surface area contributed by atoms with Gasteiger partial charge in [0.2, 0.25) is 5.91 Å². The normalized spacial score (nSPS) is 14.0. The highest BCUT2D eigenvalue weighted by Gasteiger charge is 2.09. The molecule has 0 aliphatic rings. The highest BCUT2D eigenvalue weighted by Crippen LogP contribution is 2.16. The molecule has 0 aliphatic carbocycles. The summed E-state index contributed by atoms with van der Waals surface area (Å²) in [6.45, 7) is 6.38. The van der Waals surface area contributed by atoms with Crippen molar-refractivity contribution in [2.45, 2.75) is 39.3 Å². The molecule has 1 aromatic carbocycles. The van der Waals surface area contributed by atoms with Gasteiger partial charge in [-0.25, -0.2) is 0 Å². The Kier molecular flexibility index (Phi) is 6.16. The van der Waals surface area contributed by atoms with Crippen molar-refractivity contribution in [3.05, 3.63) is 34.9 Å². The molecule has 2 N–H and O–H groups in total. The maximum absolute atomic E-state index is 11.6. The van der Waals surface area contributed by atoms with Crippen LogP contribution in [0.4, 0.5) is 0 Å². The summed E-state index contributed by atoms with van der Waals surface area (Å²) in [5, 5.41) is 6.82. The monoisotopic (exact) mass is 268 g/mol. The van der Waals surface area contributed by atoms with Gasteiger partial charge in [0.1, 0.15) is 0 Å². The van der Waals surface area contributed by atoms with Crippen LogP contribution in [0.15, 0.2) is 24.3 Å². The topological polar surface area (TPSA) is 41.1 Å². The quantitative estimate of drug-likeness (QED) is 0.833. The van der Waals surface area contributed by atoms with Gasteiger partial charge < -0.3 is 10.6 Å². The summed E-state index contributed by atoms with van der Waals surface area (Å²) < 4.78 is 0. The molecule has 1 rings (SSSR count). The molecule has 0 spiro atoms. The number of carbonyl (C=O) groups excluding carboxylic acids is 1. The lowest BCUT2D eigenvalue weighted by Gasteiger charge is -2.16. The summed E-state index contributed by atoms with van der Waals surface area (Å²) in [5.41, 5.74) is 1.08. The van der Waals surface area contributed by atoms with E-state index in [-0.39, 0.29) is 18.0 Å². The molecule has 0 bridgehead atoms. The smallest absolute Gasteiger partial charge is 0.234 e. The summed E-state index contributed by atoms with van der Waals surface area (Å²) in [4.78, 5) is 11.6. The number of rotatable bonds is 6. The van der Waals surface area contributed by atoms with Gasteiger partial charge in [-0.05, 0) is 38.0 Å². The van der Waals surface area contributed by atoms with Crippen molar-refractivity contribution >= 4 is 17.5 Å². The summed E-state index contributed by atoms with van der Waals surface area (Å²) in [5.74, 6) is 0.0261. The van der Waals surface area contributed by atoms with Crippen LogP contribution in [-0.2, 0) is 4.79 Å². The standard InChI is InChI=1S/C14H21ClN2O/c1-4-10(2)17-14(18)9-16-11(3)12-6-5-7-13(15)8-12/h5-8,10-11,16H,4,9H2,1-3H3,(H,17,18)/t10?,11-/m0/s1. The zero-order chi connectivity index (χ0) is 13.5. The second kappa shape index (κ2) is 7.39. The minimum atomic E-state index is 0.0261. The number of halogens is 1. The Labute approximate surface area is 114 Å². The van der Waals surface area contributed by atoms with E-state index in [1.54, 1.807) is 0 Å². The van der Waals surface area contributed by atoms with Gasteiger partial charge in [-0.3, -0.25) is 4.79 Å². The number of hydrogen-bond donors (Lipinski definition) is 2. The Morgan fingerprint density at radius 3 is 2.72 bits per heavy atom. The van der Waals surface area contributed by atoms with Crippen LogP contribution in [0.25, 0.3) is 0 Å². The van der Waals surface area contributed by atoms with Crippen molar-refractivity contribution in [2.24, 2.45) is 0 Å². The van der Waals surface area contributed by atoms with Crippen LogP contribution in [-0.4, -0.2) is 18.5 Å². The number of hydrogen-bond acceptors (Lipinski definition) is 2. The van der Waals surface area contributed by atoms with Crippen LogP contribution in [0.3, 0.4) is 0 Å². The molecule has 2 atom stereocenters. The van der Waals surface area contributed by atoms with Crippen LogP contribution in [0.1, 0.15) is 38.8 Å². The van der Waals surface area contributed by atoms with E-state index in [1.165, 1.54) is 0 Å². The Morgan fingerprint density at radius 1 is 1.39 bits per heavy atom. The molecule has 3 nitrogen and oxygen atoms in total. The van der Waals surface area contributed by atoms with Crippen molar-refractivity contribution in [1.29, 1.82) is 0 Å². The van der Waals surface area contributed by atoms with E-state index in [0.717, 1.165) is 12.0 Å². The third kappa shape index (κ3) is 5.07. The predicted molar refractivity (Wildman–Crippen MR) is 75.8 cm³/mol. The van der Waals surface area contributed by atoms with E-state index in [0.29, 0.717) is 11.6 Å². The molecular formula is C14H21ClN2O. The van der Waals surface area contributed by atoms with Crippen molar-refractivity contribution < 1.29 is 4.79 Å². The summed E-state index contributed by atoms with van der Waals surface area (Å²) in [6.07, 6.45) is 0.940. The minimum absolute atomic E-state index is 0.0261. The van der Waals surface area contributed by atoms with Gasteiger partial charge in [-0.1, -0.05) is 30.7 Å². The van der Waals surface area contributed by atoms with Gasteiger partial charge in [-0.2, -0.15) is 0 Å². The van der Waals surface area contributed by atoms with Crippen LogP contribution < -0.4 is 10.6 Å². The number of nitrogens with one attached hydrogen (secondary N) is 2. The predicted octanol–water partition coefficient (Wildman–Crippen LogP) is 2.91. The maximum Gasteiger partial charge on any atom is 0.234 e. The molecular weight excluding hydrogens is 248 g/mol. The lowest BCUT2D eigenvalue weighted by molar-refractivity contribution is -0.120. The summed E-state index contributed by atoms with van der Waals surface area (Å²) in [6, 6.07) is 7.98. The van der Waals surface area contributed by atoms with Gasteiger partial charge in [0.15, 0.2) is 0 Å². The van der Waals surface area contributed by atoms with E-state index in [9.17, 15) is 4.79 Å². The fourth-order valence-electron chi connectivity index (χ4n) is 1.57. The molecule has 0 heterocycles. The molecule has 0 radical (unpaired) electrons. The lowest BCUT2D eigenvalue weighted by atomic mass is 10.1. The minimum Gasteiger partial charge on any atom is -0.353 e. The molecule has 18 heavy (non-hydrogen) atoms. The molecule has 4 heteroatoms. The fourth-order valence-corrected chi connectivity index (χ4v) is 1.77. The number of amides is 1. The first-order chi connectivity index (χ1) is 8.52. The third-order valence-corrected chi connectivity index (χ3v) is 3.17. The second-order valence-electron chi connectivity index (χ2n) is 4.53. The number of carbonyl (C=O) groups is 1. The van der Waals surface area contributed by atoms with Crippen LogP contribution in [0, 0.1) is 0 Å². The molecule has 1 amide bonds. The van der Waals surface area contributed by atoms with Crippen molar-refractivity contribution in [3.63, 3.8) is 0 Å². The Balaban J connectivity index is 2.41. The third-order valence-electron chi connectivity index (χ3n) is 2.94. The van der Waals surface area contributed by atoms with Gasteiger partial charge in [0.25, 0.3) is 0 Å². The summed E-state index contributed by atoms with van der Waals surface area (Å²) >= 11 is 5.93. The maximum atomic E-state index is 11.6. The average molecular weight is 269 g/mol. The largest absolute Gasteiger partial charge is 0.353 e. The first-order valence-electron chi connectivity index (χ1n) is 6.31. The van der Waals surface area contributed by atoms with E-state index < -0.39 is 0 Å². The highest BCUT2D eigenvalue weighted by atomic mass is 35.5. The van der Waals surface area contributed by atoms with Crippen molar-refractivity contribution in [1.82, 2.24) is 10.6 Å². The molecule has 1 aromatic rings. The van der Waals surface area contributed by atoms with E-state index in [2.05, 4.69) is 10.6 Å². The van der Waals surface area contributed by atoms with Crippen LogP contribution in [0.2, 0.25) is 5.02 Å². The average Bonchev–Trinajstić information content (AvgIpc) is 2.35. The molecule has 100 valence electrons. The Bertz CT molecular complexity index is 395. The molecule has 0 aromatic heterocycles. The zero-order valence-corrected chi connectivity index (χ0v) is 11.9. The zero-order valence-electron chi connectivity index (χ0n) is 11.2. The molecule has 0 saturated carbocycles. The van der Waals surface area contributed by atoms with Crippen molar-refractivity contribution in [3.8, 4) is 0 Å². The molecule has 0 aliphatic heterocycles. The van der Waals surface area contributed by atoms with E-state index >= 15 is 0 Å². The first-order valence-corrected chi connectivity index (χ1v) is 6.69. The summed E-state index contributed by atoms with van der Waals surface area (Å²) in [7, 11) is 0. The van der Waals surface area contributed by atoms with Crippen LogP contribution >= 0.6 is 11.6 Å². The Hall–Kier alpha value is -1.06. The van der Waals surface area contributed by atoms with Gasteiger partial charge >= 0.3 is 0 Å². The molecule has 0 fully saturated rings. The van der Waals surface area contributed by atoms with Crippen molar-refractivity contribution in [2.75, 3.05) is 6.54 Å². The van der Waals surface area contributed by atoms with Gasteiger partial charge in [0, 0.05) is 17.1 Å². The first kappa shape index (κ1) is 15.0. The van der Waals surface area contributed by atoms with Gasteiger partial charge in [-0.15, -0.1) is 0 Å². The van der Waals surface area contributed by atoms with E-state index in [1.807, 2.05) is 45.0 Å². The molecule has 1 unspecified atom stereocenters. The van der Waals surface area contributed by atoms with Gasteiger partial charge in [0.05, 0.1) is 6.54 Å². The molecule has 0 saturated heterocycles. The SMILES string of the molecule is CCC(C)NC(=O)CN[C@@H](C)c1cccc(Cl)c1.